The van der Waals surface area contributed by atoms with Crippen molar-refractivity contribution in [3.8, 4) is 5.75 Å². The summed E-state index contributed by atoms with van der Waals surface area (Å²) >= 11 is 0. The molecule has 0 aromatic carbocycles. The van der Waals surface area contributed by atoms with Crippen LogP contribution in [0.2, 0.25) is 0 Å². The number of rotatable bonds is 5. The van der Waals surface area contributed by atoms with Crippen molar-refractivity contribution in [2.45, 2.75) is 20.1 Å². The van der Waals surface area contributed by atoms with Crippen LogP contribution in [0.1, 0.15) is 17.0 Å². The summed E-state index contributed by atoms with van der Waals surface area (Å²) in [6.45, 7) is 3.26. The van der Waals surface area contributed by atoms with E-state index in [9.17, 15) is 0 Å². The van der Waals surface area contributed by atoms with Gasteiger partial charge in [-0.2, -0.15) is 0 Å². The summed E-state index contributed by atoms with van der Waals surface area (Å²) in [5.41, 5.74) is 3.09. The van der Waals surface area contributed by atoms with E-state index in [0.29, 0.717) is 6.61 Å². The van der Waals surface area contributed by atoms with Crippen LogP contribution in [0, 0.1) is 6.92 Å². The third-order valence-corrected chi connectivity index (χ3v) is 2.65. The van der Waals surface area contributed by atoms with Crippen LogP contribution in [0.25, 0.3) is 0 Å². The second-order valence-corrected chi connectivity index (χ2v) is 4.07. The lowest BCUT2D eigenvalue weighted by Gasteiger charge is -2.07. The van der Waals surface area contributed by atoms with Gasteiger partial charge in [-0.25, -0.2) is 0 Å². The van der Waals surface area contributed by atoms with Crippen molar-refractivity contribution in [3.05, 3.63) is 53.6 Å². The zero-order valence-electron chi connectivity index (χ0n) is 10.7. The average molecular weight is 243 g/mol. The minimum absolute atomic E-state index is 0.472. The maximum Gasteiger partial charge on any atom is 0.138 e. The van der Waals surface area contributed by atoms with E-state index in [0.717, 1.165) is 29.2 Å². The summed E-state index contributed by atoms with van der Waals surface area (Å²) in [5, 5.41) is 3.06. The van der Waals surface area contributed by atoms with E-state index in [1.165, 1.54) is 0 Å². The number of nitrogens with zero attached hydrogens (tertiary/aromatic N) is 2. The van der Waals surface area contributed by atoms with E-state index < -0.39 is 0 Å². The second-order valence-electron chi connectivity index (χ2n) is 4.07. The first-order valence-electron chi connectivity index (χ1n) is 5.92. The quantitative estimate of drug-likeness (QED) is 0.873. The molecular weight excluding hydrogens is 226 g/mol. The highest BCUT2D eigenvalue weighted by Gasteiger charge is 2.01. The number of aryl methyl sites for hydroxylation is 1. The summed E-state index contributed by atoms with van der Waals surface area (Å²) in [7, 11) is 1.90. The molecule has 1 N–H and O–H groups in total. The van der Waals surface area contributed by atoms with Crippen molar-refractivity contribution < 1.29 is 4.74 Å². The highest BCUT2D eigenvalue weighted by molar-refractivity contribution is 5.22. The third-order valence-electron chi connectivity index (χ3n) is 2.65. The first-order chi connectivity index (χ1) is 8.79. The lowest BCUT2D eigenvalue weighted by Crippen LogP contribution is -2.07. The van der Waals surface area contributed by atoms with E-state index in [-0.39, 0.29) is 0 Å². The van der Waals surface area contributed by atoms with Gasteiger partial charge in [-0.3, -0.25) is 9.97 Å². The molecule has 0 amide bonds. The van der Waals surface area contributed by atoms with Crippen molar-refractivity contribution >= 4 is 0 Å². The van der Waals surface area contributed by atoms with Gasteiger partial charge in [0.1, 0.15) is 12.4 Å². The van der Waals surface area contributed by atoms with Gasteiger partial charge in [0.15, 0.2) is 0 Å². The lowest BCUT2D eigenvalue weighted by molar-refractivity contribution is 0.299. The molecule has 2 aromatic heterocycles. The Morgan fingerprint density at radius 3 is 2.78 bits per heavy atom. The highest BCUT2D eigenvalue weighted by Crippen LogP contribution is 2.12. The molecule has 4 nitrogen and oxygen atoms in total. The van der Waals surface area contributed by atoms with E-state index in [4.69, 9.17) is 4.74 Å². The van der Waals surface area contributed by atoms with E-state index in [2.05, 4.69) is 15.3 Å². The molecule has 0 saturated heterocycles. The zero-order chi connectivity index (χ0) is 12.8. The number of pyridine rings is 2. The topological polar surface area (TPSA) is 47.0 Å². The van der Waals surface area contributed by atoms with Crippen molar-refractivity contribution in [1.82, 2.24) is 15.3 Å². The van der Waals surface area contributed by atoms with Gasteiger partial charge in [-0.15, -0.1) is 0 Å². The molecule has 0 bridgehead atoms. The largest absolute Gasteiger partial charge is 0.486 e. The number of hydrogen-bond acceptors (Lipinski definition) is 4. The van der Waals surface area contributed by atoms with Crippen LogP contribution in [0.4, 0.5) is 0 Å². The molecule has 2 rings (SSSR count). The molecule has 0 spiro atoms. The molecule has 0 aliphatic heterocycles. The predicted molar refractivity (Wildman–Crippen MR) is 70.3 cm³/mol. The fraction of sp³-hybridized carbons (Fsp3) is 0.286. The highest BCUT2D eigenvalue weighted by atomic mass is 16.5. The fourth-order valence-corrected chi connectivity index (χ4v) is 1.60. The van der Waals surface area contributed by atoms with Crippen molar-refractivity contribution in [2.75, 3.05) is 7.05 Å². The Bertz CT molecular complexity index is 497. The van der Waals surface area contributed by atoms with Gasteiger partial charge in [-0.1, -0.05) is 6.07 Å². The molecule has 0 aliphatic carbocycles. The number of ether oxygens (including phenoxy) is 1. The molecule has 0 saturated carbocycles. The molecule has 0 fully saturated rings. The Balaban J connectivity index is 1.96. The van der Waals surface area contributed by atoms with Crippen LogP contribution >= 0.6 is 0 Å². The Morgan fingerprint density at radius 2 is 2.11 bits per heavy atom. The Labute approximate surface area is 107 Å². The number of aromatic nitrogens is 2. The molecule has 0 radical (unpaired) electrons. The maximum atomic E-state index is 5.66. The standard InChI is InChI=1S/C14H17N3O/c1-11-4-3-7-16-14(11)10-18-13-6-5-12(8-15-2)17-9-13/h3-7,9,15H,8,10H2,1-2H3. The van der Waals surface area contributed by atoms with Gasteiger partial charge >= 0.3 is 0 Å². The summed E-state index contributed by atoms with van der Waals surface area (Å²) in [5.74, 6) is 0.764. The van der Waals surface area contributed by atoms with Gasteiger partial charge in [0.05, 0.1) is 17.6 Å². The van der Waals surface area contributed by atoms with E-state index >= 15 is 0 Å². The first kappa shape index (κ1) is 12.5. The van der Waals surface area contributed by atoms with Crippen LogP contribution in [0.3, 0.4) is 0 Å². The van der Waals surface area contributed by atoms with Crippen molar-refractivity contribution in [1.29, 1.82) is 0 Å². The molecular formula is C14H17N3O. The van der Waals surface area contributed by atoms with Crippen LogP contribution < -0.4 is 10.1 Å². The summed E-state index contributed by atoms with van der Waals surface area (Å²) in [6, 6.07) is 7.84. The average Bonchev–Trinajstić information content (AvgIpc) is 2.40. The summed E-state index contributed by atoms with van der Waals surface area (Å²) in [4.78, 5) is 8.58. The van der Waals surface area contributed by atoms with Crippen molar-refractivity contribution in [2.24, 2.45) is 0 Å². The molecule has 2 heterocycles. The van der Waals surface area contributed by atoms with Crippen LogP contribution in [0.5, 0.6) is 5.75 Å². The Hall–Kier alpha value is -1.94. The predicted octanol–water partition coefficient (Wildman–Crippen LogP) is 2.08. The van der Waals surface area contributed by atoms with Crippen LogP contribution in [0.15, 0.2) is 36.7 Å². The van der Waals surface area contributed by atoms with E-state index in [1.54, 1.807) is 12.4 Å². The summed E-state index contributed by atoms with van der Waals surface area (Å²) in [6.07, 6.45) is 3.52. The van der Waals surface area contributed by atoms with Gasteiger partial charge in [-0.05, 0) is 37.7 Å². The van der Waals surface area contributed by atoms with Gasteiger partial charge in [0.2, 0.25) is 0 Å². The summed E-state index contributed by atoms with van der Waals surface area (Å²) < 4.78 is 5.66. The Kier molecular flexibility index (Phi) is 4.25. The van der Waals surface area contributed by atoms with Gasteiger partial charge in [0, 0.05) is 12.7 Å². The Morgan fingerprint density at radius 1 is 1.22 bits per heavy atom. The van der Waals surface area contributed by atoms with Gasteiger partial charge in [0.25, 0.3) is 0 Å². The lowest BCUT2D eigenvalue weighted by atomic mass is 10.2. The minimum atomic E-state index is 0.472. The molecule has 0 unspecified atom stereocenters. The SMILES string of the molecule is CNCc1ccc(OCc2ncccc2C)cn1. The smallest absolute Gasteiger partial charge is 0.138 e. The molecule has 18 heavy (non-hydrogen) atoms. The van der Waals surface area contributed by atoms with Crippen molar-refractivity contribution in [3.63, 3.8) is 0 Å². The minimum Gasteiger partial charge on any atom is -0.486 e. The fourth-order valence-electron chi connectivity index (χ4n) is 1.60. The monoisotopic (exact) mass is 243 g/mol. The van der Waals surface area contributed by atoms with Gasteiger partial charge < -0.3 is 10.1 Å². The van der Waals surface area contributed by atoms with E-state index in [1.807, 2.05) is 38.2 Å². The first-order valence-corrected chi connectivity index (χ1v) is 5.92. The maximum absolute atomic E-state index is 5.66. The third kappa shape index (κ3) is 3.28. The molecule has 0 aliphatic rings. The molecule has 2 aromatic rings. The number of nitrogens with one attached hydrogen (secondary N) is 1. The van der Waals surface area contributed by atoms with Crippen LogP contribution in [-0.2, 0) is 13.2 Å². The normalized spacial score (nSPS) is 10.3. The molecule has 4 heteroatoms. The number of hydrogen-bond donors (Lipinski definition) is 1. The molecule has 94 valence electrons. The molecule has 0 atom stereocenters. The zero-order valence-corrected chi connectivity index (χ0v) is 10.7. The van der Waals surface area contributed by atoms with Crippen LogP contribution in [-0.4, -0.2) is 17.0 Å². The second kappa shape index (κ2) is 6.12.